The van der Waals surface area contributed by atoms with Crippen LogP contribution in [0.3, 0.4) is 0 Å². The van der Waals surface area contributed by atoms with E-state index >= 15 is 0 Å². The van der Waals surface area contributed by atoms with Crippen molar-refractivity contribution in [3.63, 3.8) is 0 Å². The van der Waals surface area contributed by atoms with E-state index in [9.17, 15) is 14.4 Å². The topological polar surface area (TPSA) is 114 Å². The summed E-state index contributed by atoms with van der Waals surface area (Å²) >= 11 is 0. The molecule has 31 heavy (non-hydrogen) atoms. The second-order valence-electron chi connectivity index (χ2n) is 10.4. The highest BCUT2D eigenvalue weighted by Gasteiger charge is 2.30. The summed E-state index contributed by atoms with van der Waals surface area (Å²) in [4.78, 5) is 39.0. The first-order chi connectivity index (χ1) is 13.9. The maximum atomic E-state index is 12.7. The molecular weight excluding hydrogens is 404 g/mol. The standard InChI is InChI=1S/C22H42N2O7/c1-20(2,3)29-17(26)16(23-18(27)30-21(4,5)6)12-14-24(13-10-11-15-25)19(28)31-22(7,8)9/h16,25H,10-15H2,1-9H3,(H,23,27)/t16-/m0/s1. The van der Waals surface area contributed by atoms with Gasteiger partial charge in [0.05, 0.1) is 0 Å². The van der Waals surface area contributed by atoms with Crippen LogP contribution in [0.2, 0.25) is 0 Å². The Labute approximate surface area is 186 Å². The Hall–Kier alpha value is -2.03. The van der Waals surface area contributed by atoms with Gasteiger partial charge >= 0.3 is 18.2 Å². The van der Waals surface area contributed by atoms with E-state index < -0.39 is 41.0 Å². The third kappa shape index (κ3) is 15.4. The first-order valence-electron chi connectivity index (χ1n) is 10.7. The number of ether oxygens (including phenoxy) is 3. The van der Waals surface area contributed by atoms with Crippen LogP contribution in [0.1, 0.15) is 81.6 Å². The quantitative estimate of drug-likeness (QED) is 0.316. The molecule has 1 atom stereocenters. The molecule has 0 spiro atoms. The predicted octanol–water partition coefficient (Wildman–Crippen LogP) is 3.62. The van der Waals surface area contributed by atoms with Crippen LogP contribution in [0.15, 0.2) is 0 Å². The fraction of sp³-hybridized carbons (Fsp3) is 0.864. The molecule has 0 fully saturated rings. The minimum Gasteiger partial charge on any atom is -0.458 e. The molecule has 0 radical (unpaired) electrons. The van der Waals surface area contributed by atoms with Gasteiger partial charge in [-0.05, 0) is 81.6 Å². The number of rotatable bonds is 9. The monoisotopic (exact) mass is 446 g/mol. The zero-order valence-electron chi connectivity index (χ0n) is 20.7. The van der Waals surface area contributed by atoms with E-state index in [0.29, 0.717) is 19.4 Å². The van der Waals surface area contributed by atoms with Gasteiger partial charge in [0.15, 0.2) is 0 Å². The number of unbranched alkanes of at least 4 members (excludes halogenated alkanes) is 1. The van der Waals surface area contributed by atoms with Crippen LogP contribution in [0, 0.1) is 0 Å². The fourth-order valence-corrected chi connectivity index (χ4v) is 2.39. The van der Waals surface area contributed by atoms with Crippen molar-refractivity contribution in [2.45, 2.75) is 104 Å². The van der Waals surface area contributed by atoms with E-state index in [0.717, 1.165) is 0 Å². The van der Waals surface area contributed by atoms with Crippen molar-refractivity contribution < 1.29 is 33.7 Å². The van der Waals surface area contributed by atoms with E-state index in [4.69, 9.17) is 19.3 Å². The SMILES string of the molecule is CC(C)(C)OC(=O)N[C@@H](CCN(CCCCO)C(=O)OC(C)(C)C)C(=O)OC(C)(C)C. The van der Waals surface area contributed by atoms with Crippen molar-refractivity contribution in [2.24, 2.45) is 0 Å². The van der Waals surface area contributed by atoms with Crippen molar-refractivity contribution >= 4 is 18.2 Å². The molecule has 0 aliphatic rings. The van der Waals surface area contributed by atoms with Crippen LogP contribution < -0.4 is 5.32 Å². The Morgan fingerprint density at radius 1 is 0.806 bits per heavy atom. The van der Waals surface area contributed by atoms with Crippen molar-refractivity contribution in [3.05, 3.63) is 0 Å². The number of esters is 1. The van der Waals surface area contributed by atoms with Gasteiger partial charge in [0, 0.05) is 19.7 Å². The van der Waals surface area contributed by atoms with Gasteiger partial charge in [0.1, 0.15) is 22.8 Å². The Kier molecular flexibility index (Phi) is 11.3. The van der Waals surface area contributed by atoms with E-state index in [1.807, 2.05) is 0 Å². The second kappa shape index (κ2) is 12.1. The molecule has 182 valence electrons. The molecule has 0 unspecified atom stereocenters. The van der Waals surface area contributed by atoms with Gasteiger partial charge in [-0.1, -0.05) is 0 Å². The van der Waals surface area contributed by atoms with Crippen molar-refractivity contribution in [1.82, 2.24) is 10.2 Å². The zero-order valence-corrected chi connectivity index (χ0v) is 20.7. The Morgan fingerprint density at radius 2 is 1.32 bits per heavy atom. The number of carbonyl (C=O) groups is 3. The number of nitrogens with one attached hydrogen (secondary N) is 1. The summed E-state index contributed by atoms with van der Waals surface area (Å²) < 4.78 is 16.1. The van der Waals surface area contributed by atoms with Gasteiger partial charge in [-0.2, -0.15) is 0 Å². The highest BCUT2D eigenvalue weighted by molar-refractivity contribution is 5.81. The molecule has 0 aliphatic heterocycles. The average Bonchev–Trinajstić information content (AvgIpc) is 2.51. The summed E-state index contributed by atoms with van der Waals surface area (Å²) in [7, 11) is 0. The molecule has 0 saturated heterocycles. The number of carbonyl (C=O) groups excluding carboxylic acids is 3. The van der Waals surface area contributed by atoms with Crippen molar-refractivity contribution in [1.29, 1.82) is 0 Å². The molecule has 0 aliphatic carbocycles. The lowest BCUT2D eigenvalue weighted by Crippen LogP contribution is -2.48. The Balaban J connectivity index is 5.36. The maximum absolute atomic E-state index is 12.7. The van der Waals surface area contributed by atoms with Gasteiger partial charge in [0.2, 0.25) is 0 Å². The summed E-state index contributed by atoms with van der Waals surface area (Å²) in [6.45, 7) is 16.2. The Morgan fingerprint density at radius 3 is 1.77 bits per heavy atom. The van der Waals surface area contributed by atoms with Crippen LogP contribution >= 0.6 is 0 Å². The molecule has 0 heterocycles. The molecular formula is C22H42N2O7. The van der Waals surface area contributed by atoms with Crippen LogP contribution in [-0.2, 0) is 19.0 Å². The summed E-state index contributed by atoms with van der Waals surface area (Å²) in [6, 6.07) is -1.00. The van der Waals surface area contributed by atoms with Gasteiger partial charge in [0.25, 0.3) is 0 Å². The van der Waals surface area contributed by atoms with Gasteiger partial charge in [-0.25, -0.2) is 14.4 Å². The minimum atomic E-state index is -1.00. The molecule has 0 aromatic heterocycles. The lowest BCUT2D eigenvalue weighted by Gasteiger charge is -2.30. The van der Waals surface area contributed by atoms with Gasteiger partial charge in [-0.15, -0.1) is 0 Å². The zero-order chi connectivity index (χ0) is 24.5. The van der Waals surface area contributed by atoms with Gasteiger partial charge < -0.3 is 29.5 Å². The summed E-state index contributed by atoms with van der Waals surface area (Å²) in [5.41, 5.74) is -2.14. The molecule has 9 heteroatoms. The van der Waals surface area contributed by atoms with Crippen LogP contribution in [-0.4, -0.2) is 70.7 Å². The third-order valence-electron chi connectivity index (χ3n) is 3.56. The first-order valence-corrected chi connectivity index (χ1v) is 10.7. The predicted molar refractivity (Wildman–Crippen MR) is 118 cm³/mol. The van der Waals surface area contributed by atoms with E-state index in [-0.39, 0.29) is 19.6 Å². The molecule has 2 N–H and O–H groups in total. The molecule has 9 nitrogen and oxygen atoms in total. The normalized spacial score (nSPS) is 13.2. The molecule has 0 bridgehead atoms. The lowest BCUT2D eigenvalue weighted by molar-refractivity contribution is -0.157. The first kappa shape index (κ1) is 29.0. The van der Waals surface area contributed by atoms with Gasteiger partial charge in [-0.3, -0.25) is 0 Å². The highest BCUT2D eigenvalue weighted by Crippen LogP contribution is 2.14. The second-order valence-corrected chi connectivity index (χ2v) is 10.4. The smallest absolute Gasteiger partial charge is 0.410 e. The number of aliphatic hydroxyl groups excluding tert-OH is 1. The number of hydrogen-bond acceptors (Lipinski definition) is 7. The Bertz CT molecular complexity index is 586. The van der Waals surface area contributed by atoms with Crippen molar-refractivity contribution in [2.75, 3.05) is 19.7 Å². The number of aliphatic hydroxyl groups is 1. The van der Waals surface area contributed by atoms with E-state index in [2.05, 4.69) is 5.32 Å². The maximum Gasteiger partial charge on any atom is 0.410 e. The number of amides is 2. The fourth-order valence-electron chi connectivity index (χ4n) is 2.39. The summed E-state index contributed by atoms with van der Waals surface area (Å²) in [5, 5.41) is 11.6. The summed E-state index contributed by atoms with van der Waals surface area (Å²) in [5.74, 6) is -0.613. The lowest BCUT2D eigenvalue weighted by atomic mass is 10.1. The highest BCUT2D eigenvalue weighted by atomic mass is 16.6. The van der Waals surface area contributed by atoms with Crippen LogP contribution in [0.25, 0.3) is 0 Å². The number of hydrogen-bond donors (Lipinski definition) is 2. The van der Waals surface area contributed by atoms with E-state index in [1.54, 1.807) is 62.3 Å². The van der Waals surface area contributed by atoms with E-state index in [1.165, 1.54) is 4.90 Å². The van der Waals surface area contributed by atoms with Crippen molar-refractivity contribution in [3.8, 4) is 0 Å². The third-order valence-corrected chi connectivity index (χ3v) is 3.56. The number of nitrogens with zero attached hydrogens (tertiary/aromatic N) is 1. The summed E-state index contributed by atoms with van der Waals surface area (Å²) in [6.07, 6.45) is -0.0396. The largest absolute Gasteiger partial charge is 0.458 e. The van der Waals surface area contributed by atoms with Crippen LogP contribution in [0.5, 0.6) is 0 Å². The average molecular weight is 447 g/mol. The molecule has 0 rings (SSSR count). The number of alkyl carbamates (subject to hydrolysis) is 1. The molecule has 2 amide bonds. The minimum absolute atomic E-state index is 0.0168. The molecule has 0 aromatic rings. The molecule has 0 aromatic carbocycles. The molecule has 0 saturated carbocycles. The van der Waals surface area contributed by atoms with Crippen LogP contribution in [0.4, 0.5) is 9.59 Å².